The molecule has 0 bridgehead atoms. The SMILES string of the molecule is Cc1cc2c(=S)nc[nH]c2cc1F. The van der Waals surface area contributed by atoms with Gasteiger partial charge in [-0.15, -0.1) is 0 Å². The van der Waals surface area contributed by atoms with E-state index in [-0.39, 0.29) is 5.82 Å². The fraction of sp³-hybridized carbons (Fsp3) is 0.111. The summed E-state index contributed by atoms with van der Waals surface area (Å²) < 4.78 is 13.6. The monoisotopic (exact) mass is 194 g/mol. The van der Waals surface area contributed by atoms with Crippen LogP contribution < -0.4 is 0 Å². The van der Waals surface area contributed by atoms with Crippen molar-refractivity contribution in [3.63, 3.8) is 0 Å². The summed E-state index contributed by atoms with van der Waals surface area (Å²) in [6.07, 6.45) is 1.47. The average Bonchev–Trinajstić information content (AvgIpc) is 2.09. The van der Waals surface area contributed by atoms with E-state index in [1.54, 1.807) is 13.0 Å². The number of fused-ring (bicyclic) bond motifs is 1. The van der Waals surface area contributed by atoms with Crippen LogP contribution in [0.1, 0.15) is 5.56 Å². The molecule has 0 unspecified atom stereocenters. The van der Waals surface area contributed by atoms with Gasteiger partial charge < -0.3 is 4.98 Å². The Morgan fingerprint density at radius 2 is 2.23 bits per heavy atom. The largest absolute Gasteiger partial charge is 0.346 e. The van der Waals surface area contributed by atoms with Crippen LogP contribution in [-0.2, 0) is 0 Å². The molecule has 1 aromatic carbocycles. The lowest BCUT2D eigenvalue weighted by atomic mass is 10.1. The van der Waals surface area contributed by atoms with Crippen LogP contribution in [0.5, 0.6) is 0 Å². The molecule has 0 saturated carbocycles. The van der Waals surface area contributed by atoms with Crippen molar-refractivity contribution in [2.24, 2.45) is 0 Å². The molecule has 66 valence electrons. The number of nitrogens with zero attached hydrogens (tertiary/aromatic N) is 1. The molecule has 0 radical (unpaired) electrons. The summed E-state index contributed by atoms with van der Waals surface area (Å²) in [4.78, 5) is 6.76. The highest BCUT2D eigenvalue weighted by molar-refractivity contribution is 7.71. The van der Waals surface area contributed by atoms with Crippen LogP contribution in [0, 0.1) is 17.4 Å². The number of rotatable bonds is 0. The molecule has 0 saturated heterocycles. The summed E-state index contributed by atoms with van der Waals surface area (Å²) in [6, 6.07) is 3.14. The van der Waals surface area contributed by atoms with Gasteiger partial charge in [-0.1, -0.05) is 12.2 Å². The van der Waals surface area contributed by atoms with Gasteiger partial charge in [0.15, 0.2) is 0 Å². The minimum absolute atomic E-state index is 0.232. The maximum absolute atomic E-state index is 13.1. The van der Waals surface area contributed by atoms with Gasteiger partial charge in [-0.3, -0.25) is 0 Å². The number of aromatic nitrogens is 2. The second-order valence-corrected chi connectivity index (χ2v) is 3.24. The number of halogens is 1. The van der Waals surface area contributed by atoms with E-state index in [2.05, 4.69) is 9.97 Å². The molecule has 0 spiro atoms. The molecule has 2 rings (SSSR count). The molecule has 2 nitrogen and oxygen atoms in total. The minimum Gasteiger partial charge on any atom is -0.346 e. The van der Waals surface area contributed by atoms with E-state index in [0.717, 1.165) is 5.39 Å². The van der Waals surface area contributed by atoms with Crippen LogP contribution >= 0.6 is 12.2 Å². The van der Waals surface area contributed by atoms with Gasteiger partial charge in [0.05, 0.1) is 11.8 Å². The highest BCUT2D eigenvalue weighted by atomic mass is 32.1. The van der Waals surface area contributed by atoms with Crippen molar-refractivity contribution in [1.29, 1.82) is 0 Å². The van der Waals surface area contributed by atoms with Crippen LogP contribution in [0.25, 0.3) is 10.9 Å². The first kappa shape index (κ1) is 8.31. The molecule has 13 heavy (non-hydrogen) atoms. The van der Waals surface area contributed by atoms with Gasteiger partial charge in [-0.25, -0.2) is 9.37 Å². The fourth-order valence-electron chi connectivity index (χ4n) is 1.21. The molecule has 0 atom stereocenters. The molecule has 0 aliphatic carbocycles. The zero-order valence-corrected chi connectivity index (χ0v) is 7.78. The Balaban J connectivity index is 2.97. The van der Waals surface area contributed by atoms with E-state index < -0.39 is 0 Å². The number of hydrogen-bond donors (Lipinski definition) is 1. The Hall–Kier alpha value is -1.29. The first-order chi connectivity index (χ1) is 6.18. The maximum atomic E-state index is 13.1. The number of benzene rings is 1. The van der Waals surface area contributed by atoms with Gasteiger partial charge in [0.1, 0.15) is 10.5 Å². The Morgan fingerprint density at radius 3 is 3.00 bits per heavy atom. The summed E-state index contributed by atoms with van der Waals surface area (Å²) in [5.74, 6) is -0.232. The van der Waals surface area contributed by atoms with Crippen LogP contribution in [0.3, 0.4) is 0 Å². The third-order valence-corrected chi connectivity index (χ3v) is 2.26. The molecule has 0 fully saturated rings. The van der Waals surface area contributed by atoms with Crippen LogP contribution in [0.15, 0.2) is 18.5 Å². The lowest BCUT2D eigenvalue weighted by molar-refractivity contribution is 0.620. The van der Waals surface area contributed by atoms with Gasteiger partial charge in [-0.2, -0.15) is 0 Å². The molecule has 1 N–H and O–H groups in total. The van der Waals surface area contributed by atoms with Crippen LogP contribution in [0.4, 0.5) is 4.39 Å². The maximum Gasteiger partial charge on any atom is 0.137 e. The first-order valence-electron chi connectivity index (χ1n) is 3.82. The third kappa shape index (κ3) is 1.33. The van der Waals surface area contributed by atoms with E-state index in [9.17, 15) is 4.39 Å². The quantitative estimate of drug-likeness (QED) is 0.653. The molecule has 0 amide bonds. The predicted octanol–water partition coefficient (Wildman–Crippen LogP) is 2.74. The topological polar surface area (TPSA) is 28.7 Å². The lowest BCUT2D eigenvalue weighted by Crippen LogP contribution is -1.87. The average molecular weight is 194 g/mol. The lowest BCUT2D eigenvalue weighted by Gasteiger charge is -2.00. The fourth-order valence-corrected chi connectivity index (χ4v) is 1.43. The zero-order chi connectivity index (χ0) is 9.42. The standard InChI is InChI=1S/C9H7FN2S/c1-5-2-6-8(3-7(5)10)11-4-12-9(6)13/h2-4H,1H3,(H,11,12,13). The molecule has 1 heterocycles. The summed E-state index contributed by atoms with van der Waals surface area (Å²) >= 11 is 5.00. The summed E-state index contributed by atoms with van der Waals surface area (Å²) in [5, 5.41) is 0.788. The third-order valence-electron chi connectivity index (χ3n) is 1.93. The molecular weight excluding hydrogens is 187 g/mol. The van der Waals surface area contributed by atoms with Crippen molar-refractivity contribution in [2.75, 3.05) is 0 Å². The van der Waals surface area contributed by atoms with Gasteiger partial charge in [-0.05, 0) is 24.6 Å². The predicted molar refractivity (Wildman–Crippen MR) is 51.6 cm³/mol. The zero-order valence-electron chi connectivity index (χ0n) is 6.97. The van der Waals surface area contributed by atoms with Crippen LogP contribution in [-0.4, -0.2) is 9.97 Å². The van der Waals surface area contributed by atoms with Gasteiger partial charge in [0.25, 0.3) is 0 Å². The molecule has 0 aliphatic heterocycles. The smallest absolute Gasteiger partial charge is 0.137 e. The second kappa shape index (κ2) is 2.88. The molecular formula is C9H7FN2S. The summed E-state index contributed by atoms with van der Waals surface area (Å²) in [6.45, 7) is 1.70. The van der Waals surface area contributed by atoms with E-state index in [0.29, 0.717) is 15.7 Å². The highest BCUT2D eigenvalue weighted by Crippen LogP contribution is 2.16. The van der Waals surface area contributed by atoms with Crippen LogP contribution in [0.2, 0.25) is 0 Å². The highest BCUT2D eigenvalue weighted by Gasteiger charge is 2.01. The number of aromatic amines is 1. The Kier molecular flexibility index (Phi) is 1.84. The number of H-pyrrole nitrogens is 1. The number of aryl methyl sites for hydroxylation is 1. The molecule has 1 aromatic heterocycles. The van der Waals surface area contributed by atoms with Crippen molar-refractivity contribution in [1.82, 2.24) is 9.97 Å². The molecule has 2 aromatic rings. The van der Waals surface area contributed by atoms with Crippen molar-refractivity contribution in [2.45, 2.75) is 6.92 Å². The summed E-state index contributed by atoms with van der Waals surface area (Å²) in [5.41, 5.74) is 1.27. The van der Waals surface area contributed by atoms with Gasteiger partial charge in [0.2, 0.25) is 0 Å². The van der Waals surface area contributed by atoms with E-state index in [1.807, 2.05) is 0 Å². The van der Waals surface area contributed by atoms with Crippen molar-refractivity contribution in [3.8, 4) is 0 Å². The Labute approximate surface area is 79.4 Å². The van der Waals surface area contributed by atoms with E-state index in [1.165, 1.54) is 12.4 Å². The normalized spacial score (nSPS) is 10.6. The second-order valence-electron chi connectivity index (χ2n) is 2.85. The Bertz CT molecular complexity index is 518. The van der Waals surface area contributed by atoms with Gasteiger partial charge in [0, 0.05) is 5.39 Å². The first-order valence-corrected chi connectivity index (χ1v) is 4.23. The number of nitrogens with one attached hydrogen (secondary N) is 1. The van der Waals surface area contributed by atoms with E-state index >= 15 is 0 Å². The molecule has 4 heteroatoms. The van der Waals surface area contributed by atoms with Crippen molar-refractivity contribution >= 4 is 23.1 Å². The van der Waals surface area contributed by atoms with Crippen molar-refractivity contribution in [3.05, 3.63) is 34.5 Å². The Morgan fingerprint density at radius 1 is 1.46 bits per heavy atom. The minimum atomic E-state index is -0.232. The molecule has 0 aliphatic rings. The van der Waals surface area contributed by atoms with Gasteiger partial charge >= 0.3 is 0 Å². The van der Waals surface area contributed by atoms with E-state index in [4.69, 9.17) is 12.2 Å². The van der Waals surface area contributed by atoms with Crippen molar-refractivity contribution < 1.29 is 4.39 Å². The summed E-state index contributed by atoms with van der Waals surface area (Å²) in [7, 11) is 0. The number of hydrogen-bond acceptors (Lipinski definition) is 2.